The van der Waals surface area contributed by atoms with Crippen molar-refractivity contribution < 1.29 is 8.78 Å². The van der Waals surface area contributed by atoms with E-state index in [4.69, 9.17) is 11.6 Å². The molecule has 1 aromatic heterocycles. The number of rotatable bonds is 4. The highest BCUT2D eigenvalue weighted by Crippen LogP contribution is 2.24. The lowest BCUT2D eigenvalue weighted by atomic mass is 10.2. The summed E-state index contributed by atoms with van der Waals surface area (Å²) in [7, 11) is 0. The van der Waals surface area contributed by atoms with Crippen molar-refractivity contribution in [3.8, 4) is 0 Å². The van der Waals surface area contributed by atoms with Crippen LogP contribution in [0.4, 0.5) is 14.6 Å². The van der Waals surface area contributed by atoms with Gasteiger partial charge in [0.15, 0.2) is 5.82 Å². The summed E-state index contributed by atoms with van der Waals surface area (Å²) in [5.74, 6) is -0.0758. The van der Waals surface area contributed by atoms with E-state index in [0.717, 1.165) is 5.56 Å². The van der Waals surface area contributed by atoms with Gasteiger partial charge in [-0.05, 0) is 29.8 Å². The van der Waals surface area contributed by atoms with Crippen molar-refractivity contribution in [3.63, 3.8) is 0 Å². The smallest absolute Gasteiger partial charge is 0.297 e. The van der Waals surface area contributed by atoms with Crippen LogP contribution in [0.15, 0.2) is 48.5 Å². The molecular weight excluding hydrogens is 308 g/mol. The van der Waals surface area contributed by atoms with Gasteiger partial charge in [-0.25, -0.2) is 18.7 Å². The molecule has 0 amide bonds. The summed E-state index contributed by atoms with van der Waals surface area (Å²) in [6, 6.07) is 14.4. The van der Waals surface area contributed by atoms with Gasteiger partial charge in [0.25, 0.3) is 6.43 Å². The number of aromatic nitrogens is 2. The Kier molecular flexibility index (Phi) is 4.15. The molecule has 112 valence electrons. The molecule has 6 heteroatoms. The third-order valence-electron chi connectivity index (χ3n) is 3.19. The predicted molar refractivity (Wildman–Crippen MR) is 83.3 cm³/mol. The van der Waals surface area contributed by atoms with Crippen LogP contribution in [0.2, 0.25) is 5.02 Å². The molecule has 0 aliphatic carbocycles. The van der Waals surface area contributed by atoms with Crippen LogP contribution in [0.1, 0.15) is 17.8 Å². The molecule has 1 N–H and O–H groups in total. The van der Waals surface area contributed by atoms with Crippen LogP contribution in [0.25, 0.3) is 10.9 Å². The summed E-state index contributed by atoms with van der Waals surface area (Å²) < 4.78 is 25.8. The van der Waals surface area contributed by atoms with Crippen molar-refractivity contribution in [3.05, 3.63) is 64.9 Å². The molecule has 3 nitrogen and oxygen atoms in total. The SMILES string of the molecule is FC(F)c1nc(NCc2ccc(Cl)cc2)c2ccccc2n1. The summed E-state index contributed by atoms with van der Waals surface area (Å²) >= 11 is 5.84. The van der Waals surface area contributed by atoms with Crippen molar-refractivity contribution in [1.29, 1.82) is 0 Å². The van der Waals surface area contributed by atoms with Crippen LogP contribution < -0.4 is 5.32 Å². The zero-order valence-electron chi connectivity index (χ0n) is 11.4. The fraction of sp³-hybridized carbons (Fsp3) is 0.125. The predicted octanol–water partition coefficient (Wildman–Crippen LogP) is 4.83. The molecule has 0 unspecified atom stereocenters. The quantitative estimate of drug-likeness (QED) is 0.748. The molecule has 0 bridgehead atoms. The lowest BCUT2D eigenvalue weighted by Gasteiger charge is -2.10. The van der Waals surface area contributed by atoms with Crippen LogP contribution >= 0.6 is 11.6 Å². The second kappa shape index (κ2) is 6.23. The Labute approximate surface area is 131 Å². The van der Waals surface area contributed by atoms with Crippen LogP contribution in [0, 0.1) is 0 Å². The number of hydrogen-bond acceptors (Lipinski definition) is 3. The maximum Gasteiger partial charge on any atom is 0.297 e. The van der Waals surface area contributed by atoms with Gasteiger partial charge in [0, 0.05) is 17.0 Å². The first-order chi connectivity index (χ1) is 10.6. The molecule has 0 fully saturated rings. The Morgan fingerprint density at radius 3 is 2.45 bits per heavy atom. The molecule has 0 aliphatic rings. The molecule has 2 aromatic carbocycles. The first kappa shape index (κ1) is 14.7. The molecule has 0 saturated carbocycles. The molecule has 3 rings (SSSR count). The molecule has 22 heavy (non-hydrogen) atoms. The molecule has 0 atom stereocenters. The number of anilines is 1. The van der Waals surface area contributed by atoms with E-state index in [9.17, 15) is 8.78 Å². The number of hydrogen-bond donors (Lipinski definition) is 1. The first-order valence-electron chi connectivity index (χ1n) is 6.66. The summed E-state index contributed by atoms with van der Waals surface area (Å²) in [6.07, 6.45) is -2.71. The second-order valence-corrected chi connectivity index (χ2v) is 5.16. The lowest BCUT2D eigenvalue weighted by Crippen LogP contribution is -2.06. The van der Waals surface area contributed by atoms with Crippen molar-refractivity contribution in [2.75, 3.05) is 5.32 Å². The Bertz CT molecular complexity index is 791. The number of nitrogens with zero attached hydrogens (tertiary/aromatic N) is 2. The van der Waals surface area contributed by atoms with Gasteiger partial charge < -0.3 is 5.32 Å². The maximum absolute atomic E-state index is 12.9. The monoisotopic (exact) mass is 319 g/mol. The van der Waals surface area contributed by atoms with Gasteiger partial charge in [0.2, 0.25) is 0 Å². The molecule has 0 radical (unpaired) electrons. The van der Waals surface area contributed by atoms with Crippen molar-refractivity contribution >= 4 is 28.3 Å². The number of fused-ring (bicyclic) bond motifs is 1. The van der Waals surface area contributed by atoms with Crippen molar-refractivity contribution in [2.45, 2.75) is 13.0 Å². The maximum atomic E-state index is 12.9. The van der Waals surface area contributed by atoms with E-state index in [1.54, 1.807) is 30.3 Å². The summed E-state index contributed by atoms with van der Waals surface area (Å²) in [4.78, 5) is 7.82. The number of nitrogens with one attached hydrogen (secondary N) is 1. The summed E-state index contributed by atoms with van der Waals surface area (Å²) in [5.41, 5.74) is 1.47. The van der Waals surface area contributed by atoms with Crippen LogP contribution in [0.3, 0.4) is 0 Å². The highest BCUT2D eigenvalue weighted by atomic mass is 35.5. The molecule has 0 saturated heterocycles. The Morgan fingerprint density at radius 1 is 1.00 bits per heavy atom. The van der Waals surface area contributed by atoms with E-state index in [1.165, 1.54) is 0 Å². The van der Waals surface area contributed by atoms with Gasteiger partial charge in [-0.3, -0.25) is 0 Å². The first-order valence-corrected chi connectivity index (χ1v) is 7.04. The lowest BCUT2D eigenvalue weighted by molar-refractivity contribution is 0.141. The Balaban J connectivity index is 1.93. The minimum absolute atomic E-state index is 0.399. The zero-order valence-corrected chi connectivity index (χ0v) is 12.2. The standard InChI is InChI=1S/C16H12ClF2N3/c17-11-7-5-10(6-8-11)9-20-15-12-3-1-2-4-13(12)21-16(22-15)14(18)19/h1-8,14H,9H2,(H,20,21,22). The highest BCUT2D eigenvalue weighted by Gasteiger charge is 2.14. The van der Waals surface area contributed by atoms with E-state index in [-0.39, 0.29) is 0 Å². The third-order valence-corrected chi connectivity index (χ3v) is 3.44. The highest BCUT2D eigenvalue weighted by molar-refractivity contribution is 6.30. The van der Waals surface area contributed by atoms with Gasteiger partial charge >= 0.3 is 0 Å². The van der Waals surface area contributed by atoms with Gasteiger partial charge in [-0.15, -0.1) is 0 Å². The largest absolute Gasteiger partial charge is 0.365 e. The van der Waals surface area contributed by atoms with E-state index in [1.807, 2.05) is 18.2 Å². The number of halogens is 3. The minimum atomic E-state index is -2.71. The summed E-state index contributed by atoms with van der Waals surface area (Å²) in [6.45, 7) is 0.459. The number of para-hydroxylation sites is 1. The average molecular weight is 320 g/mol. The number of alkyl halides is 2. The van der Waals surface area contributed by atoms with E-state index >= 15 is 0 Å². The van der Waals surface area contributed by atoms with Crippen LogP contribution in [-0.4, -0.2) is 9.97 Å². The zero-order chi connectivity index (χ0) is 15.5. The Hall–Kier alpha value is -2.27. The molecule has 1 heterocycles. The van der Waals surface area contributed by atoms with Gasteiger partial charge in [0.05, 0.1) is 5.52 Å². The van der Waals surface area contributed by atoms with Crippen LogP contribution in [-0.2, 0) is 6.54 Å². The third kappa shape index (κ3) is 3.14. The van der Waals surface area contributed by atoms with E-state index in [2.05, 4.69) is 15.3 Å². The fourth-order valence-corrected chi connectivity index (χ4v) is 2.24. The van der Waals surface area contributed by atoms with Crippen LogP contribution in [0.5, 0.6) is 0 Å². The topological polar surface area (TPSA) is 37.8 Å². The number of benzene rings is 2. The second-order valence-electron chi connectivity index (χ2n) is 4.73. The van der Waals surface area contributed by atoms with E-state index < -0.39 is 12.2 Å². The molecular formula is C16H12ClF2N3. The minimum Gasteiger partial charge on any atom is -0.365 e. The Morgan fingerprint density at radius 2 is 1.73 bits per heavy atom. The average Bonchev–Trinajstić information content (AvgIpc) is 2.53. The molecule has 0 aliphatic heterocycles. The van der Waals surface area contributed by atoms with Crippen molar-refractivity contribution in [1.82, 2.24) is 9.97 Å². The van der Waals surface area contributed by atoms with Crippen molar-refractivity contribution in [2.24, 2.45) is 0 Å². The summed E-state index contributed by atoms with van der Waals surface area (Å²) in [5, 5.41) is 4.45. The van der Waals surface area contributed by atoms with E-state index in [0.29, 0.717) is 28.3 Å². The fourth-order valence-electron chi connectivity index (χ4n) is 2.11. The van der Waals surface area contributed by atoms with Gasteiger partial charge in [-0.1, -0.05) is 35.9 Å². The molecule has 0 spiro atoms. The van der Waals surface area contributed by atoms with Gasteiger partial charge in [0.1, 0.15) is 5.82 Å². The normalized spacial score (nSPS) is 11.1. The molecule has 3 aromatic rings. The van der Waals surface area contributed by atoms with Gasteiger partial charge in [-0.2, -0.15) is 0 Å².